The molecule has 0 radical (unpaired) electrons. The second-order valence-electron chi connectivity index (χ2n) is 4.09. The smallest absolute Gasteiger partial charge is 0.238 e. The third-order valence-corrected chi connectivity index (χ3v) is 3.03. The zero-order valence-electron chi connectivity index (χ0n) is 11.0. The van der Waals surface area contributed by atoms with Crippen LogP contribution in [0.2, 0.25) is 0 Å². The summed E-state index contributed by atoms with van der Waals surface area (Å²) in [4.78, 5) is 10.4. The molecule has 0 saturated heterocycles. The van der Waals surface area contributed by atoms with Gasteiger partial charge in [-0.25, -0.2) is 4.98 Å². The molecule has 0 spiro atoms. The second-order valence-corrected chi connectivity index (χ2v) is 4.94. The van der Waals surface area contributed by atoms with E-state index in [4.69, 9.17) is 4.74 Å². The molecule has 100 valence electrons. The number of anilines is 2. The van der Waals surface area contributed by atoms with E-state index in [9.17, 15) is 0 Å². The Morgan fingerprint density at radius 3 is 2.79 bits per heavy atom. The predicted molar refractivity (Wildman–Crippen MR) is 80.1 cm³/mol. The Kier molecular flexibility index (Phi) is 4.21. The summed E-state index contributed by atoms with van der Waals surface area (Å²) >= 11 is 3.38. The van der Waals surface area contributed by atoms with Gasteiger partial charge in [-0.1, -0.05) is 6.07 Å². The molecule has 0 aliphatic carbocycles. The molecule has 0 fully saturated rings. The average molecular weight is 323 g/mol. The molecule has 2 rings (SSSR count). The molecule has 0 aliphatic rings. The van der Waals surface area contributed by atoms with Gasteiger partial charge in [-0.05, 0) is 28.1 Å². The molecule has 1 aromatic carbocycles. The van der Waals surface area contributed by atoms with Crippen LogP contribution in [0.3, 0.4) is 0 Å². The largest absolute Gasteiger partial charge is 0.438 e. The molecule has 0 bridgehead atoms. The lowest BCUT2D eigenvalue weighted by atomic mass is 10.3. The Morgan fingerprint density at radius 1 is 1.32 bits per heavy atom. The van der Waals surface area contributed by atoms with E-state index in [0.29, 0.717) is 16.3 Å². The summed E-state index contributed by atoms with van der Waals surface area (Å²) in [7, 11) is 5.73. The van der Waals surface area contributed by atoms with Crippen molar-refractivity contribution in [3.05, 3.63) is 34.9 Å². The van der Waals surface area contributed by atoms with Crippen LogP contribution in [0.4, 0.5) is 11.6 Å². The fourth-order valence-corrected chi connectivity index (χ4v) is 1.75. The predicted octanol–water partition coefficient (Wildman–Crippen LogP) is 3.14. The second kappa shape index (κ2) is 5.88. The van der Waals surface area contributed by atoms with Gasteiger partial charge in [0, 0.05) is 32.9 Å². The minimum Gasteiger partial charge on any atom is -0.438 e. The molecule has 0 aliphatic heterocycles. The van der Waals surface area contributed by atoms with Crippen LogP contribution >= 0.6 is 15.9 Å². The molecular formula is C13H15BrN4O. The quantitative estimate of drug-likeness (QED) is 0.937. The third kappa shape index (κ3) is 3.35. The molecule has 19 heavy (non-hydrogen) atoms. The van der Waals surface area contributed by atoms with E-state index in [0.717, 1.165) is 11.4 Å². The van der Waals surface area contributed by atoms with E-state index in [1.54, 1.807) is 13.2 Å². The summed E-state index contributed by atoms with van der Waals surface area (Å²) in [5.41, 5.74) is 1.07. The molecule has 0 saturated carbocycles. The summed E-state index contributed by atoms with van der Waals surface area (Å²) in [5.74, 6) is 1.73. The Bertz CT molecular complexity index is 574. The van der Waals surface area contributed by atoms with Crippen molar-refractivity contribution in [2.45, 2.75) is 0 Å². The topological polar surface area (TPSA) is 50.3 Å². The summed E-state index contributed by atoms with van der Waals surface area (Å²) < 4.78 is 6.49. The molecular weight excluding hydrogens is 308 g/mol. The van der Waals surface area contributed by atoms with Crippen LogP contribution in [0.15, 0.2) is 34.9 Å². The maximum Gasteiger partial charge on any atom is 0.238 e. The van der Waals surface area contributed by atoms with E-state index in [2.05, 4.69) is 31.2 Å². The van der Waals surface area contributed by atoms with E-state index < -0.39 is 0 Å². The Labute approximate surface area is 120 Å². The van der Waals surface area contributed by atoms with E-state index >= 15 is 0 Å². The molecule has 0 atom stereocenters. The Balaban J connectivity index is 2.28. The fourth-order valence-electron chi connectivity index (χ4n) is 1.48. The van der Waals surface area contributed by atoms with Gasteiger partial charge in [0.1, 0.15) is 5.75 Å². The first kappa shape index (κ1) is 13.6. The van der Waals surface area contributed by atoms with Crippen molar-refractivity contribution < 1.29 is 4.74 Å². The van der Waals surface area contributed by atoms with Gasteiger partial charge in [0.15, 0.2) is 0 Å². The number of aromatic nitrogens is 2. The Hall–Kier alpha value is -1.82. The molecule has 0 unspecified atom stereocenters. The van der Waals surface area contributed by atoms with Gasteiger partial charge in [-0.15, -0.1) is 0 Å². The average Bonchev–Trinajstić information content (AvgIpc) is 2.41. The maximum absolute atomic E-state index is 5.78. The highest BCUT2D eigenvalue weighted by atomic mass is 79.9. The highest BCUT2D eigenvalue weighted by Gasteiger charge is 2.07. The van der Waals surface area contributed by atoms with Gasteiger partial charge in [0.25, 0.3) is 0 Å². The summed E-state index contributed by atoms with van der Waals surface area (Å²) in [6, 6.07) is 7.80. The molecule has 1 aromatic heterocycles. The van der Waals surface area contributed by atoms with Crippen molar-refractivity contribution in [2.24, 2.45) is 0 Å². The van der Waals surface area contributed by atoms with Crippen molar-refractivity contribution in [3.63, 3.8) is 0 Å². The monoisotopic (exact) mass is 322 g/mol. The molecule has 2 aromatic rings. The lowest BCUT2D eigenvalue weighted by molar-refractivity contribution is 0.459. The van der Waals surface area contributed by atoms with Crippen molar-refractivity contribution in [1.29, 1.82) is 0 Å². The van der Waals surface area contributed by atoms with Crippen molar-refractivity contribution in [2.75, 3.05) is 31.4 Å². The zero-order chi connectivity index (χ0) is 13.8. The van der Waals surface area contributed by atoms with Crippen molar-refractivity contribution in [1.82, 2.24) is 9.97 Å². The van der Waals surface area contributed by atoms with Crippen molar-refractivity contribution >= 4 is 27.6 Å². The van der Waals surface area contributed by atoms with Gasteiger partial charge < -0.3 is 15.0 Å². The number of halogens is 1. The van der Waals surface area contributed by atoms with Crippen LogP contribution in [0.1, 0.15) is 0 Å². The normalized spacial score (nSPS) is 10.1. The number of rotatable bonds is 4. The number of hydrogen-bond acceptors (Lipinski definition) is 5. The first-order valence-electron chi connectivity index (χ1n) is 5.75. The fraction of sp³-hybridized carbons (Fsp3) is 0.231. The molecule has 5 nitrogen and oxygen atoms in total. The van der Waals surface area contributed by atoms with E-state index in [1.807, 2.05) is 43.3 Å². The molecule has 6 heteroatoms. The highest BCUT2D eigenvalue weighted by molar-refractivity contribution is 9.10. The van der Waals surface area contributed by atoms with Crippen LogP contribution in [-0.4, -0.2) is 31.1 Å². The minimum absolute atomic E-state index is 0.482. The summed E-state index contributed by atoms with van der Waals surface area (Å²) in [6.45, 7) is 0. The maximum atomic E-state index is 5.78. The first-order valence-corrected chi connectivity index (χ1v) is 6.55. The van der Waals surface area contributed by atoms with E-state index in [-0.39, 0.29) is 0 Å². The number of benzene rings is 1. The van der Waals surface area contributed by atoms with Gasteiger partial charge in [0.05, 0.1) is 10.7 Å². The standard InChI is InChI=1S/C13H15BrN4O/c1-15-13-16-8-11(14)12(17-13)19-10-6-4-5-9(7-10)18(2)3/h4-8H,1-3H3,(H,15,16,17). The number of ether oxygens (including phenoxy) is 1. The number of nitrogens with one attached hydrogen (secondary N) is 1. The van der Waals surface area contributed by atoms with Crippen molar-refractivity contribution in [3.8, 4) is 11.6 Å². The summed E-state index contributed by atoms with van der Waals surface area (Å²) in [5, 5.41) is 2.88. The number of nitrogens with zero attached hydrogens (tertiary/aromatic N) is 3. The lowest BCUT2D eigenvalue weighted by Crippen LogP contribution is -2.08. The van der Waals surface area contributed by atoms with E-state index in [1.165, 1.54) is 0 Å². The SMILES string of the molecule is CNc1ncc(Br)c(Oc2cccc(N(C)C)c2)n1. The van der Waals surface area contributed by atoms with Gasteiger partial charge in [-0.2, -0.15) is 4.98 Å². The van der Waals surface area contributed by atoms with Gasteiger partial charge in [-0.3, -0.25) is 0 Å². The minimum atomic E-state index is 0.482. The first-order chi connectivity index (χ1) is 9.10. The van der Waals surface area contributed by atoms with Crippen LogP contribution in [0.25, 0.3) is 0 Å². The van der Waals surface area contributed by atoms with Crippen LogP contribution in [0, 0.1) is 0 Å². The number of hydrogen-bond donors (Lipinski definition) is 1. The highest BCUT2D eigenvalue weighted by Crippen LogP contribution is 2.29. The lowest BCUT2D eigenvalue weighted by Gasteiger charge is -2.14. The Morgan fingerprint density at radius 2 is 2.11 bits per heavy atom. The van der Waals surface area contributed by atoms with Crippen LogP contribution in [0.5, 0.6) is 11.6 Å². The van der Waals surface area contributed by atoms with Crippen LogP contribution in [-0.2, 0) is 0 Å². The molecule has 1 heterocycles. The summed E-state index contributed by atoms with van der Waals surface area (Å²) in [6.07, 6.45) is 1.66. The zero-order valence-corrected chi connectivity index (χ0v) is 12.6. The van der Waals surface area contributed by atoms with Gasteiger partial charge in [0.2, 0.25) is 11.8 Å². The van der Waals surface area contributed by atoms with Gasteiger partial charge >= 0.3 is 0 Å². The molecule has 1 N–H and O–H groups in total. The van der Waals surface area contributed by atoms with Crippen LogP contribution < -0.4 is 15.0 Å². The third-order valence-electron chi connectivity index (χ3n) is 2.48. The molecule has 0 amide bonds.